The van der Waals surface area contributed by atoms with E-state index in [9.17, 15) is 4.39 Å². The van der Waals surface area contributed by atoms with Crippen molar-refractivity contribution in [2.24, 2.45) is 0 Å². The highest BCUT2D eigenvalue weighted by Gasteiger charge is 2.08. The summed E-state index contributed by atoms with van der Waals surface area (Å²) in [6, 6.07) is 4.68. The van der Waals surface area contributed by atoms with Crippen LogP contribution >= 0.6 is 15.9 Å². The highest BCUT2D eigenvalue weighted by Crippen LogP contribution is 2.21. The van der Waals surface area contributed by atoms with E-state index in [0.29, 0.717) is 36.5 Å². The number of rotatable bonds is 8. The minimum Gasteiger partial charge on any atom is -0.493 e. The normalized spacial score (nSPS) is 10.9. The first-order chi connectivity index (χ1) is 8.67. The van der Waals surface area contributed by atoms with Crippen molar-refractivity contribution in [3.05, 3.63) is 28.5 Å². The van der Waals surface area contributed by atoms with E-state index in [1.54, 1.807) is 12.1 Å². The van der Waals surface area contributed by atoms with Crippen molar-refractivity contribution in [1.82, 2.24) is 0 Å². The molecule has 0 aromatic heterocycles. The Kier molecular flexibility index (Phi) is 7.23. The first-order valence-corrected chi connectivity index (χ1v) is 6.77. The van der Waals surface area contributed by atoms with Gasteiger partial charge in [0.15, 0.2) is 6.29 Å². The summed E-state index contributed by atoms with van der Waals surface area (Å²) in [6.45, 7) is 5.44. The van der Waals surface area contributed by atoms with Crippen LogP contribution in [0.4, 0.5) is 4.39 Å². The van der Waals surface area contributed by atoms with E-state index in [1.165, 1.54) is 6.07 Å². The van der Waals surface area contributed by atoms with Gasteiger partial charge in [0.1, 0.15) is 11.6 Å². The van der Waals surface area contributed by atoms with Gasteiger partial charge in [0.2, 0.25) is 0 Å². The van der Waals surface area contributed by atoms with Crippen LogP contribution in [0.15, 0.2) is 22.7 Å². The fourth-order valence-electron chi connectivity index (χ4n) is 1.43. The predicted octanol–water partition coefficient (Wildman–Crippen LogP) is 3.76. The Hall–Kier alpha value is -0.650. The summed E-state index contributed by atoms with van der Waals surface area (Å²) in [5.74, 6) is 0.168. The molecule has 3 nitrogen and oxygen atoms in total. The van der Waals surface area contributed by atoms with Gasteiger partial charge in [0.25, 0.3) is 0 Å². The standard InChI is InChI=1S/C13H18BrFO3/c1-3-16-13(17-4-2)7-8-18-10-5-6-11(14)12(15)9-10/h5-6,9,13H,3-4,7-8H2,1-2H3. The van der Waals surface area contributed by atoms with Crippen LogP contribution in [0.2, 0.25) is 0 Å². The van der Waals surface area contributed by atoms with Crippen molar-refractivity contribution in [3.63, 3.8) is 0 Å². The number of ether oxygens (including phenoxy) is 3. The zero-order chi connectivity index (χ0) is 13.4. The molecular weight excluding hydrogens is 303 g/mol. The second-order valence-electron chi connectivity index (χ2n) is 3.55. The third-order valence-corrected chi connectivity index (χ3v) is 2.86. The summed E-state index contributed by atoms with van der Waals surface area (Å²) < 4.78 is 29.9. The summed E-state index contributed by atoms with van der Waals surface area (Å²) in [6.07, 6.45) is 0.347. The number of benzene rings is 1. The van der Waals surface area contributed by atoms with Gasteiger partial charge in [-0.3, -0.25) is 0 Å². The quantitative estimate of drug-likeness (QED) is 0.683. The molecule has 0 unspecified atom stereocenters. The zero-order valence-corrected chi connectivity index (χ0v) is 12.2. The topological polar surface area (TPSA) is 27.7 Å². The lowest BCUT2D eigenvalue weighted by Gasteiger charge is -2.17. The average Bonchev–Trinajstić information content (AvgIpc) is 2.34. The van der Waals surface area contributed by atoms with Gasteiger partial charge < -0.3 is 14.2 Å². The third-order valence-electron chi connectivity index (χ3n) is 2.22. The summed E-state index contributed by atoms with van der Waals surface area (Å²) in [4.78, 5) is 0. The summed E-state index contributed by atoms with van der Waals surface area (Å²) in [7, 11) is 0. The molecule has 0 N–H and O–H groups in total. The van der Waals surface area contributed by atoms with Crippen LogP contribution in [0.5, 0.6) is 5.75 Å². The number of hydrogen-bond donors (Lipinski definition) is 0. The Bertz CT molecular complexity index is 354. The third kappa shape index (κ3) is 5.33. The van der Waals surface area contributed by atoms with Crippen molar-refractivity contribution in [3.8, 4) is 5.75 Å². The molecule has 1 rings (SSSR count). The Morgan fingerprint density at radius 2 is 1.89 bits per heavy atom. The molecule has 1 aromatic carbocycles. The highest BCUT2D eigenvalue weighted by molar-refractivity contribution is 9.10. The van der Waals surface area contributed by atoms with Crippen molar-refractivity contribution in [2.45, 2.75) is 26.6 Å². The van der Waals surface area contributed by atoms with Crippen molar-refractivity contribution in [2.75, 3.05) is 19.8 Å². The van der Waals surface area contributed by atoms with Crippen LogP contribution in [0.25, 0.3) is 0 Å². The van der Waals surface area contributed by atoms with Crippen LogP contribution in [-0.2, 0) is 9.47 Å². The second-order valence-corrected chi connectivity index (χ2v) is 4.41. The molecule has 102 valence electrons. The van der Waals surface area contributed by atoms with Gasteiger partial charge in [-0.15, -0.1) is 0 Å². The fourth-order valence-corrected chi connectivity index (χ4v) is 1.67. The Morgan fingerprint density at radius 1 is 1.22 bits per heavy atom. The number of halogens is 2. The van der Waals surface area contributed by atoms with Crippen LogP contribution in [0.3, 0.4) is 0 Å². The van der Waals surface area contributed by atoms with Crippen LogP contribution in [0.1, 0.15) is 20.3 Å². The van der Waals surface area contributed by atoms with E-state index in [2.05, 4.69) is 15.9 Å². The maximum absolute atomic E-state index is 13.2. The van der Waals surface area contributed by atoms with Gasteiger partial charge in [-0.1, -0.05) is 0 Å². The predicted molar refractivity (Wildman–Crippen MR) is 71.3 cm³/mol. The summed E-state index contributed by atoms with van der Waals surface area (Å²) in [5, 5.41) is 0. The zero-order valence-electron chi connectivity index (χ0n) is 10.6. The molecule has 0 saturated carbocycles. The first-order valence-electron chi connectivity index (χ1n) is 5.98. The Labute approximate surface area is 115 Å². The van der Waals surface area contributed by atoms with Crippen molar-refractivity contribution >= 4 is 15.9 Å². The molecule has 1 aromatic rings. The van der Waals surface area contributed by atoms with E-state index in [0.717, 1.165) is 0 Å². The van der Waals surface area contributed by atoms with Crippen LogP contribution < -0.4 is 4.74 Å². The lowest BCUT2D eigenvalue weighted by molar-refractivity contribution is -0.142. The van der Waals surface area contributed by atoms with E-state index in [-0.39, 0.29) is 12.1 Å². The minimum atomic E-state index is -0.335. The molecule has 0 fully saturated rings. The maximum atomic E-state index is 13.2. The van der Waals surface area contributed by atoms with E-state index < -0.39 is 0 Å². The Morgan fingerprint density at radius 3 is 2.44 bits per heavy atom. The molecule has 18 heavy (non-hydrogen) atoms. The average molecular weight is 321 g/mol. The van der Waals surface area contributed by atoms with Crippen LogP contribution in [-0.4, -0.2) is 26.1 Å². The Balaban J connectivity index is 2.37. The summed E-state index contributed by atoms with van der Waals surface area (Å²) in [5.41, 5.74) is 0. The molecule has 5 heteroatoms. The van der Waals surface area contributed by atoms with Crippen LogP contribution in [0, 0.1) is 5.82 Å². The van der Waals surface area contributed by atoms with E-state index in [1.807, 2.05) is 13.8 Å². The van der Waals surface area contributed by atoms with E-state index >= 15 is 0 Å². The lowest BCUT2D eigenvalue weighted by Crippen LogP contribution is -2.20. The van der Waals surface area contributed by atoms with Crippen molar-refractivity contribution < 1.29 is 18.6 Å². The number of hydrogen-bond acceptors (Lipinski definition) is 3. The molecule has 0 amide bonds. The molecule has 0 bridgehead atoms. The molecule has 0 aliphatic heterocycles. The molecular formula is C13H18BrFO3. The summed E-state index contributed by atoms with van der Waals surface area (Å²) >= 11 is 3.09. The van der Waals surface area contributed by atoms with Gasteiger partial charge in [0, 0.05) is 25.7 Å². The van der Waals surface area contributed by atoms with Gasteiger partial charge in [0.05, 0.1) is 11.1 Å². The second kappa shape index (κ2) is 8.45. The molecule has 0 aliphatic rings. The van der Waals surface area contributed by atoms with Gasteiger partial charge >= 0.3 is 0 Å². The molecule has 0 saturated heterocycles. The fraction of sp³-hybridized carbons (Fsp3) is 0.538. The maximum Gasteiger partial charge on any atom is 0.160 e. The first kappa shape index (κ1) is 15.4. The molecule has 0 spiro atoms. The monoisotopic (exact) mass is 320 g/mol. The molecule has 0 radical (unpaired) electrons. The lowest BCUT2D eigenvalue weighted by atomic mass is 10.3. The van der Waals surface area contributed by atoms with Crippen molar-refractivity contribution in [1.29, 1.82) is 0 Å². The minimum absolute atomic E-state index is 0.264. The molecule has 0 atom stereocenters. The van der Waals surface area contributed by atoms with Gasteiger partial charge in [-0.25, -0.2) is 4.39 Å². The molecule has 0 aliphatic carbocycles. The van der Waals surface area contributed by atoms with Gasteiger partial charge in [-0.2, -0.15) is 0 Å². The molecule has 0 heterocycles. The van der Waals surface area contributed by atoms with E-state index in [4.69, 9.17) is 14.2 Å². The van der Waals surface area contributed by atoms with Gasteiger partial charge in [-0.05, 0) is 41.9 Å². The largest absolute Gasteiger partial charge is 0.493 e. The smallest absolute Gasteiger partial charge is 0.160 e. The highest BCUT2D eigenvalue weighted by atomic mass is 79.9. The SMILES string of the molecule is CCOC(CCOc1ccc(Br)c(F)c1)OCC.